The number of unbranched alkanes of at least 4 members (excludes halogenated alkanes) is 1. The fraction of sp³-hybridized carbons (Fsp3) is 0.654. The molecule has 0 saturated carbocycles. The molecule has 0 fully saturated rings. The van der Waals surface area contributed by atoms with E-state index in [2.05, 4.69) is 47.5 Å². The molecule has 80 heavy (non-hydrogen) atoms. The molecule has 450 valence electrons. The molecule has 0 heterocycles. The van der Waals surface area contributed by atoms with Gasteiger partial charge in [-0.05, 0) is 94.6 Å². The van der Waals surface area contributed by atoms with Gasteiger partial charge < -0.3 is 87.1 Å². The molecule has 22 N–H and O–H groups in total. The summed E-state index contributed by atoms with van der Waals surface area (Å²) in [4.78, 5) is 151. The van der Waals surface area contributed by atoms with Crippen molar-refractivity contribution in [2.24, 2.45) is 57.1 Å². The number of nitrogens with two attached hydrogens (primary N) is 6. The molecular weight excluding hydrogens is 1040 g/mol. The quantitative estimate of drug-likeness (QED) is 0.0172. The van der Waals surface area contributed by atoms with Crippen LogP contribution in [0, 0.1) is 17.8 Å². The molecule has 0 radical (unpaired) electrons. The third-order valence-corrected chi connectivity index (χ3v) is 12.4. The summed E-state index contributed by atoms with van der Waals surface area (Å²) in [6, 6.07) is -4.20. The summed E-state index contributed by atoms with van der Waals surface area (Å²) >= 11 is 0. The van der Waals surface area contributed by atoms with Gasteiger partial charge in [0, 0.05) is 25.8 Å². The Balaban J connectivity index is 3.52. The smallest absolute Gasteiger partial charge is 0.326 e. The number of aliphatic hydroxyl groups excluding tert-OH is 1. The van der Waals surface area contributed by atoms with Crippen molar-refractivity contribution in [1.29, 1.82) is 0 Å². The Morgan fingerprint density at radius 1 is 0.500 bits per heavy atom. The minimum absolute atomic E-state index is 0.0747. The number of hydrogen-bond donors (Lipinski definition) is 16. The lowest BCUT2D eigenvalue weighted by Crippen LogP contribution is -2.62. The Labute approximate surface area is 467 Å². The van der Waals surface area contributed by atoms with E-state index in [1.54, 1.807) is 71.9 Å². The number of primary amides is 2. The highest BCUT2D eigenvalue weighted by Crippen LogP contribution is 2.13. The number of carbonyl (C=O) groups is 11. The number of benzene rings is 1. The molecule has 0 aliphatic carbocycles. The average molecular weight is 1130 g/mol. The fourth-order valence-electron chi connectivity index (χ4n) is 8.04. The van der Waals surface area contributed by atoms with Gasteiger partial charge in [-0.15, -0.1) is 0 Å². The number of rotatable bonds is 39. The Hall–Kier alpha value is -7.46. The predicted octanol–water partition coefficient (Wildman–Crippen LogP) is -3.64. The maximum atomic E-state index is 14.3. The van der Waals surface area contributed by atoms with E-state index < -0.39 is 157 Å². The normalized spacial score (nSPS) is 15.0. The lowest BCUT2D eigenvalue weighted by Gasteiger charge is -2.30. The van der Waals surface area contributed by atoms with Gasteiger partial charge in [0.1, 0.15) is 48.3 Å². The van der Waals surface area contributed by atoms with Crippen molar-refractivity contribution in [3.63, 3.8) is 0 Å². The first-order valence-corrected chi connectivity index (χ1v) is 26.9. The zero-order chi connectivity index (χ0) is 60.8. The number of aliphatic carboxylic acids is 1. The van der Waals surface area contributed by atoms with Gasteiger partial charge in [-0.1, -0.05) is 71.9 Å². The molecule has 0 bridgehead atoms. The van der Waals surface area contributed by atoms with E-state index in [0.29, 0.717) is 24.8 Å². The van der Waals surface area contributed by atoms with Crippen LogP contribution >= 0.6 is 0 Å². The minimum atomic E-state index is -1.87. The fourth-order valence-corrected chi connectivity index (χ4v) is 8.04. The van der Waals surface area contributed by atoms with Crippen molar-refractivity contribution in [2.75, 3.05) is 13.1 Å². The Morgan fingerprint density at radius 3 is 1.40 bits per heavy atom. The van der Waals surface area contributed by atoms with Crippen molar-refractivity contribution in [2.45, 2.75) is 186 Å². The molecule has 0 saturated heterocycles. The highest BCUT2D eigenvalue weighted by Gasteiger charge is 2.37. The van der Waals surface area contributed by atoms with Gasteiger partial charge in [0.05, 0.1) is 12.1 Å². The van der Waals surface area contributed by atoms with E-state index in [4.69, 9.17) is 34.4 Å². The number of nitrogens with zero attached hydrogens (tertiary/aromatic N) is 1. The third kappa shape index (κ3) is 27.9. The topological polar surface area (TPSA) is 493 Å². The second-order valence-corrected chi connectivity index (χ2v) is 21.0. The van der Waals surface area contributed by atoms with Crippen molar-refractivity contribution in [3.8, 4) is 0 Å². The monoisotopic (exact) mass is 1130 g/mol. The van der Waals surface area contributed by atoms with Crippen LogP contribution in [0.1, 0.15) is 125 Å². The minimum Gasteiger partial charge on any atom is -0.480 e. The van der Waals surface area contributed by atoms with E-state index >= 15 is 0 Å². The standard InChI is InChI=1S/C52H89N15O13/c1-27(2)24-36(63-43(71)32(54)16-13-23-59-52(57)58)47(75)61-34(18-20-39(55)69)46(74)67-42(30(7)68)50(78)62-35(19-21-40(56)70)45(73)66-41(29(5)6)49(77)64-37(26-31-14-9-8-10-15-31)48(76)60-33(17-11-12-22-53)44(72)65-38(51(79)80)25-28(3)4/h8-10,14-15,27-30,32-38,41-42,68H,11-13,16-26,53-54H2,1-7H3,(H2,55,69)(H2,56,70)(H,60,76)(H,61,75)(H,62,78)(H,63,71)(H,64,77)(H,65,72)(H,66,73)(H,67,74)(H,79,80)(H4,57,58,59)/t30-,32+,33+,34+,35+,36+,37+,38+,41+,42+/m1/s1. The number of carbonyl (C=O) groups excluding carboxylic acids is 10. The number of amides is 10. The summed E-state index contributed by atoms with van der Waals surface area (Å²) < 4.78 is 0. The summed E-state index contributed by atoms with van der Waals surface area (Å²) in [7, 11) is 0. The molecule has 1 rings (SSSR count). The zero-order valence-corrected chi connectivity index (χ0v) is 47.1. The number of guanidine groups is 1. The molecular formula is C52H89N15O13. The molecule has 10 atom stereocenters. The summed E-state index contributed by atoms with van der Waals surface area (Å²) in [6.07, 6.45) is -1.97. The molecule has 28 heteroatoms. The summed E-state index contributed by atoms with van der Waals surface area (Å²) in [5.74, 6) is -11.4. The average Bonchev–Trinajstić information content (AvgIpc) is 3.37. The Kier molecular flexibility index (Phi) is 32.3. The van der Waals surface area contributed by atoms with Crippen molar-refractivity contribution < 1.29 is 63.0 Å². The van der Waals surface area contributed by atoms with Gasteiger partial charge in [0.2, 0.25) is 59.1 Å². The molecule has 0 unspecified atom stereocenters. The lowest BCUT2D eigenvalue weighted by atomic mass is 9.99. The van der Waals surface area contributed by atoms with E-state index in [9.17, 15) is 63.0 Å². The van der Waals surface area contributed by atoms with Crippen LogP contribution in [-0.4, -0.2) is 155 Å². The maximum absolute atomic E-state index is 14.3. The number of carboxylic acid groups (broad SMARTS) is 1. The van der Waals surface area contributed by atoms with Crippen LogP contribution in [0.3, 0.4) is 0 Å². The van der Waals surface area contributed by atoms with Crippen LogP contribution in [0.15, 0.2) is 35.3 Å². The molecule has 1 aromatic rings. The predicted molar refractivity (Wildman–Crippen MR) is 296 cm³/mol. The van der Waals surface area contributed by atoms with E-state index in [0.717, 1.165) is 6.92 Å². The number of carboxylic acids is 1. The molecule has 0 aromatic heterocycles. The van der Waals surface area contributed by atoms with Crippen LogP contribution in [-0.2, 0) is 59.2 Å². The zero-order valence-electron chi connectivity index (χ0n) is 47.1. The Morgan fingerprint density at radius 2 is 0.925 bits per heavy atom. The number of nitrogens with one attached hydrogen (secondary N) is 8. The second kappa shape index (κ2) is 36.7. The van der Waals surface area contributed by atoms with Gasteiger partial charge in [0.15, 0.2) is 5.96 Å². The highest BCUT2D eigenvalue weighted by atomic mass is 16.4. The first kappa shape index (κ1) is 70.6. The summed E-state index contributed by atoms with van der Waals surface area (Å²) in [5, 5.41) is 40.9. The van der Waals surface area contributed by atoms with Gasteiger partial charge in [-0.25, -0.2) is 4.79 Å². The van der Waals surface area contributed by atoms with Gasteiger partial charge in [0.25, 0.3) is 0 Å². The number of aliphatic imine (C=N–C) groups is 1. The van der Waals surface area contributed by atoms with Crippen LogP contribution in [0.2, 0.25) is 0 Å². The number of hydrogen-bond acceptors (Lipinski definition) is 15. The van der Waals surface area contributed by atoms with Crippen molar-refractivity contribution >= 4 is 71.0 Å². The molecule has 1 aromatic carbocycles. The van der Waals surface area contributed by atoms with Crippen molar-refractivity contribution in [3.05, 3.63) is 35.9 Å². The van der Waals surface area contributed by atoms with Crippen LogP contribution in [0.4, 0.5) is 0 Å². The first-order valence-electron chi connectivity index (χ1n) is 26.9. The lowest BCUT2D eigenvalue weighted by molar-refractivity contribution is -0.143. The van der Waals surface area contributed by atoms with Gasteiger partial charge in [-0.2, -0.15) is 0 Å². The van der Waals surface area contributed by atoms with E-state index in [1.165, 1.54) is 0 Å². The molecule has 10 amide bonds. The third-order valence-electron chi connectivity index (χ3n) is 12.4. The molecule has 0 spiro atoms. The molecule has 28 nitrogen and oxygen atoms in total. The summed E-state index contributed by atoms with van der Waals surface area (Å²) in [6.45, 7) is 11.9. The van der Waals surface area contributed by atoms with Gasteiger partial charge in [-0.3, -0.25) is 52.9 Å². The largest absolute Gasteiger partial charge is 0.480 e. The van der Waals surface area contributed by atoms with E-state index in [-0.39, 0.29) is 63.0 Å². The Bertz CT molecular complexity index is 2250. The summed E-state index contributed by atoms with van der Waals surface area (Å²) in [5.41, 5.74) is 33.9. The maximum Gasteiger partial charge on any atom is 0.326 e. The second-order valence-electron chi connectivity index (χ2n) is 21.0. The van der Waals surface area contributed by atoms with Crippen molar-refractivity contribution in [1.82, 2.24) is 42.5 Å². The first-order chi connectivity index (χ1) is 37.5. The SMILES string of the molecule is CC(C)C[C@H](NC(=O)[C@H](CCCCN)NC(=O)[C@H](Cc1ccccc1)NC(=O)[C@@H](NC(=O)[C@H](CCC(N)=O)NC(=O)[C@@H](NC(=O)[C@H](CCC(N)=O)NC(=O)[C@H](CC(C)C)NC(=O)[C@@H](N)CCCN=C(N)N)[C@@H](C)O)C(C)C)C(=O)O. The molecule has 0 aliphatic rings. The van der Waals surface area contributed by atoms with Crippen LogP contribution in [0.5, 0.6) is 0 Å². The molecule has 0 aliphatic heterocycles. The highest BCUT2D eigenvalue weighted by molar-refractivity contribution is 5.98. The van der Waals surface area contributed by atoms with Gasteiger partial charge >= 0.3 is 5.97 Å². The van der Waals surface area contributed by atoms with Crippen LogP contribution < -0.4 is 76.9 Å². The van der Waals surface area contributed by atoms with E-state index in [1.807, 2.05) is 0 Å². The van der Waals surface area contributed by atoms with Crippen LogP contribution in [0.25, 0.3) is 0 Å². The number of aliphatic hydroxyl groups is 1.